The Hall–Kier alpha value is -2.57. The second-order valence-electron chi connectivity index (χ2n) is 6.48. The second kappa shape index (κ2) is 5.97. The number of phenolic OH excluding ortho intramolecular Hbond substituents is 1. The Kier molecular flexibility index (Phi) is 3.67. The fourth-order valence-corrected chi connectivity index (χ4v) is 6.30. The maximum atomic E-state index is 13.3. The number of carbonyl (C=O) groups is 3. The number of Topliss-reactive ketones (excluding diaryl/α,β-unsaturated/α-hetero) is 2. The van der Waals surface area contributed by atoms with Crippen molar-refractivity contribution >= 4 is 40.2 Å². The molecule has 3 aliphatic rings. The number of rotatable bonds is 1. The summed E-state index contributed by atoms with van der Waals surface area (Å²) in [5.41, 5.74) is 1.68. The first-order valence-corrected chi connectivity index (χ1v) is 10.0. The number of aromatic hydroxyl groups is 1. The summed E-state index contributed by atoms with van der Waals surface area (Å²) < 4.78 is 0. The Bertz CT molecular complexity index is 1130. The van der Waals surface area contributed by atoms with Gasteiger partial charge in [0.15, 0.2) is 10.9 Å². The molecule has 0 fully saturated rings. The Morgan fingerprint density at radius 1 is 0.852 bits per heavy atom. The SMILES string of the molecule is O=C1CC2=C(S1)C(c1ccccc1O)C1=C(S2)C(=O)c2ccccc2C1=O. The van der Waals surface area contributed by atoms with Crippen LogP contribution in [-0.2, 0) is 4.79 Å². The molecular weight excluding hydrogens is 380 g/mol. The van der Waals surface area contributed by atoms with Crippen molar-refractivity contribution in [3.8, 4) is 5.75 Å². The molecule has 1 aliphatic carbocycles. The van der Waals surface area contributed by atoms with Crippen molar-refractivity contribution in [2.24, 2.45) is 0 Å². The van der Waals surface area contributed by atoms with E-state index in [2.05, 4.69) is 0 Å². The van der Waals surface area contributed by atoms with Gasteiger partial charge >= 0.3 is 0 Å². The average Bonchev–Trinajstić information content (AvgIpc) is 3.05. The van der Waals surface area contributed by atoms with Crippen LogP contribution in [0.2, 0.25) is 0 Å². The van der Waals surface area contributed by atoms with Gasteiger partial charge in [-0.3, -0.25) is 14.4 Å². The maximum Gasteiger partial charge on any atom is 0.200 e. The van der Waals surface area contributed by atoms with Crippen molar-refractivity contribution in [1.82, 2.24) is 0 Å². The van der Waals surface area contributed by atoms with Crippen molar-refractivity contribution in [2.45, 2.75) is 12.3 Å². The topological polar surface area (TPSA) is 71.4 Å². The molecule has 2 heterocycles. The zero-order valence-corrected chi connectivity index (χ0v) is 15.5. The van der Waals surface area contributed by atoms with Crippen LogP contribution in [0.4, 0.5) is 0 Å². The first-order valence-electron chi connectivity index (χ1n) is 8.38. The molecule has 0 saturated carbocycles. The maximum absolute atomic E-state index is 13.3. The lowest BCUT2D eigenvalue weighted by Crippen LogP contribution is -2.27. The van der Waals surface area contributed by atoms with Crippen molar-refractivity contribution < 1.29 is 19.5 Å². The van der Waals surface area contributed by atoms with Gasteiger partial charge in [-0.2, -0.15) is 0 Å². The molecule has 5 rings (SSSR count). The number of benzene rings is 2. The number of thioether (sulfide) groups is 2. The smallest absolute Gasteiger partial charge is 0.200 e. The lowest BCUT2D eigenvalue weighted by Gasteiger charge is -2.31. The van der Waals surface area contributed by atoms with E-state index in [-0.39, 0.29) is 28.9 Å². The summed E-state index contributed by atoms with van der Waals surface area (Å²) in [6, 6.07) is 13.6. The molecule has 6 heteroatoms. The highest BCUT2D eigenvalue weighted by molar-refractivity contribution is 8.19. The van der Waals surface area contributed by atoms with Crippen LogP contribution < -0.4 is 0 Å². The van der Waals surface area contributed by atoms with E-state index < -0.39 is 5.92 Å². The number of hydrogen-bond donors (Lipinski definition) is 1. The van der Waals surface area contributed by atoms with Crippen molar-refractivity contribution in [2.75, 3.05) is 0 Å². The minimum Gasteiger partial charge on any atom is -0.508 e. The van der Waals surface area contributed by atoms with Crippen LogP contribution in [0, 0.1) is 0 Å². The number of ketones is 2. The quantitative estimate of drug-likeness (QED) is 0.774. The summed E-state index contributed by atoms with van der Waals surface area (Å²) in [6.45, 7) is 0. The first kappa shape index (κ1) is 16.6. The van der Waals surface area contributed by atoms with Crippen LogP contribution in [-0.4, -0.2) is 21.8 Å². The van der Waals surface area contributed by atoms with Gasteiger partial charge in [-0.05, 0) is 6.07 Å². The number of fused-ring (bicyclic) bond motifs is 1. The molecule has 1 unspecified atom stereocenters. The van der Waals surface area contributed by atoms with E-state index in [1.54, 1.807) is 48.5 Å². The Labute approximate surface area is 163 Å². The fourth-order valence-electron chi connectivity index (χ4n) is 3.76. The Balaban J connectivity index is 1.77. The number of phenols is 1. The third-order valence-electron chi connectivity index (χ3n) is 4.94. The molecule has 0 aromatic heterocycles. The molecular formula is C21H12O4S2. The highest BCUT2D eigenvalue weighted by Crippen LogP contribution is 2.58. The monoisotopic (exact) mass is 392 g/mol. The summed E-state index contributed by atoms with van der Waals surface area (Å²) in [5, 5.41) is 10.4. The van der Waals surface area contributed by atoms with E-state index in [0.29, 0.717) is 27.2 Å². The van der Waals surface area contributed by atoms with E-state index in [4.69, 9.17) is 0 Å². The highest BCUT2D eigenvalue weighted by atomic mass is 32.2. The van der Waals surface area contributed by atoms with Crippen LogP contribution in [0.15, 0.2) is 68.8 Å². The minimum absolute atomic E-state index is 0.00909. The summed E-state index contributed by atoms with van der Waals surface area (Å²) >= 11 is 2.35. The third kappa shape index (κ3) is 2.37. The highest BCUT2D eigenvalue weighted by Gasteiger charge is 2.45. The largest absolute Gasteiger partial charge is 0.508 e. The van der Waals surface area contributed by atoms with E-state index in [9.17, 15) is 19.5 Å². The molecule has 2 aliphatic heterocycles. The fraction of sp³-hybridized carbons (Fsp3) is 0.0952. The summed E-state index contributed by atoms with van der Waals surface area (Å²) in [4.78, 5) is 40.5. The summed E-state index contributed by atoms with van der Waals surface area (Å²) in [5.74, 6) is -0.958. The van der Waals surface area contributed by atoms with Crippen molar-refractivity contribution in [3.63, 3.8) is 0 Å². The zero-order chi connectivity index (χ0) is 18.7. The molecule has 2 aromatic rings. The van der Waals surface area contributed by atoms with Gasteiger partial charge in [0.25, 0.3) is 0 Å². The average molecular weight is 392 g/mol. The van der Waals surface area contributed by atoms with E-state index >= 15 is 0 Å². The zero-order valence-electron chi connectivity index (χ0n) is 13.9. The number of carbonyl (C=O) groups excluding carboxylic acids is 3. The van der Waals surface area contributed by atoms with Crippen LogP contribution >= 0.6 is 23.5 Å². The van der Waals surface area contributed by atoms with Crippen LogP contribution in [0.3, 0.4) is 0 Å². The van der Waals surface area contributed by atoms with Gasteiger partial charge in [-0.15, -0.1) is 0 Å². The number of hydrogen-bond acceptors (Lipinski definition) is 6. The van der Waals surface area contributed by atoms with Gasteiger partial charge in [0.1, 0.15) is 5.75 Å². The lowest BCUT2D eigenvalue weighted by atomic mass is 9.79. The predicted molar refractivity (Wildman–Crippen MR) is 105 cm³/mol. The minimum atomic E-state index is -0.598. The molecule has 132 valence electrons. The molecule has 4 nitrogen and oxygen atoms in total. The van der Waals surface area contributed by atoms with Gasteiger partial charge in [-0.25, -0.2) is 0 Å². The van der Waals surface area contributed by atoms with Gasteiger partial charge < -0.3 is 5.11 Å². The number of para-hydroxylation sites is 1. The Morgan fingerprint density at radius 2 is 1.52 bits per heavy atom. The van der Waals surface area contributed by atoms with E-state index in [1.807, 2.05) is 0 Å². The third-order valence-corrected chi connectivity index (χ3v) is 7.36. The van der Waals surface area contributed by atoms with Crippen LogP contribution in [0.25, 0.3) is 0 Å². The number of allylic oxidation sites excluding steroid dienone is 4. The van der Waals surface area contributed by atoms with Gasteiger partial charge in [0.05, 0.1) is 10.8 Å². The second-order valence-corrected chi connectivity index (χ2v) is 8.68. The molecule has 0 spiro atoms. The van der Waals surface area contributed by atoms with Crippen molar-refractivity contribution in [3.05, 3.63) is 85.5 Å². The normalized spacial score (nSPS) is 21.3. The molecule has 2 aromatic carbocycles. The summed E-state index contributed by atoms with van der Waals surface area (Å²) in [7, 11) is 0. The van der Waals surface area contributed by atoms with Crippen molar-refractivity contribution in [1.29, 1.82) is 0 Å². The molecule has 0 bridgehead atoms. The Morgan fingerprint density at radius 3 is 2.26 bits per heavy atom. The molecule has 1 atom stereocenters. The van der Waals surface area contributed by atoms with Gasteiger partial charge in [0.2, 0.25) is 5.78 Å². The first-order chi connectivity index (χ1) is 13.1. The molecule has 1 N–H and O–H groups in total. The van der Waals surface area contributed by atoms with Gasteiger partial charge in [0, 0.05) is 38.5 Å². The van der Waals surface area contributed by atoms with E-state index in [1.165, 1.54) is 11.8 Å². The van der Waals surface area contributed by atoms with E-state index in [0.717, 1.165) is 21.6 Å². The predicted octanol–water partition coefficient (Wildman–Crippen LogP) is 4.43. The molecule has 0 radical (unpaired) electrons. The molecule has 0 saturated heterocycles. The standard InChI is InChI=1S/C21H12O4S2/c22-13-8-4-3-7-12(13)16-17-18(24)10-5-1-2-6-11(10)19(25)21(17)26-14-9-15(23)27-20(14)16/h1-8,16,22H,9H2. The molecule has 0 amide bonds. The van der Waals surface area contributed by atoms with Gasteiger partial charge in [-0.1, -0.05) is 66.0 Å². The van der Waals surface area contributed by atoms with Crippen LogP contribution in [0.1, 0.15) is 38.6 Å². The summed E-state index contributed by atoms with van der Waals surface area (Å²) in [6.07, 6.45) is 0.245. The van der Waals surface area contributed by atoms with Crippen LogP contribution in [0.5, 0.6) is 5.75 Å². The lowest BCUT2D eigenvalue weighted by molar-refractivity contribution is -0.110. The molecule has 27 heavy (non-hydrogen) atoms.